The molecule has 8 heteroatoms. The van der Waals surface area contributed by atoms with Gasteiger partial charge in [-0.2, -0.15) is 0 Å². The molecule has 1 aromatic heterocycles. The molecule has 18 heavy (non-hydrogen) atoms. The first-order valence-corrected chi connectivity index (χ1v) is 8.53. The highest BCUT2D eigenvalue weighted by molar-refractivity contribution is 8.03. The molecule has 0 radical (unpaired) electrons. The number of nitrogens with zero attached hydrogens (tertiary/aromatic N) is 2. The minimum absolute atomic E-state index is 0.436. The van der Waals surface area contributed by atoms with Crippen LogP contribution in [0.4, 0.5) is 0 Å². The first kappa shape index (κ1) is 15.7. The molecule has 0 spiro atoms. The number of hydrogen-bond donors (Lipinski definition) is 2. The van der Waals surface area contributed by atoms with Gasteiger partial charge in [0.25, 0.3) is 0 Å². The largest absolute Gasteiger partial charge is 0.480 e. The van der Waals surface area contributed by atoms with Gasteiger partial charge >= 0.3 is 5.97 Å². The fourth-order valence-electron chi connectivity index (χ4n) is 1.13. The van der Waals surface area contributed by atoms with Gasteiger partial charge in [-0.25, -0.2) is 0 Å². The summed E-state index contributed by atoms with van der Waals surface area (Å²) in [6.45, 7) is 4.40. The van der Waals surface area contributed by atoms with Crippen LogP contribution in [-0.2, 0) is 4.79 Å². The Hall–Kier alpha value is -0.310. The van der Waals surface area contributed by atoms with Crippen LogP contribution >= 0.6 is 34.9 Å². The highest BCUT2D eigenvalue weighted by Crippen LogP contribution is 2.29. The Morgan fingerprint density at radius 2 is 2.17 bits per heavy atom. The van der Waals surface area contributed by atoms with E-state index in [2.05, 4.69) is 15.5 Å². The van der Waals surface area contributed by atoms with Gasteiger partial charge in [0.05, 0.1) is 0 Å². The van der Waals surface area contributed by atoms with Gasteiger partial charge in [-0.3, -0.25) is 4.79 Å². The van der Waals surface area contributed by atoms with Gasteiger partial charge in [-0.1, -0.05) is 41.8 Å². The van der Waals surface area contributed by atoms with E-state index in [4.69, 9.17) is 0 Å². The summed E-state index contributed by atoms with van der Waals surface area (Å²) in [5, 5.41) is 20.3. The van der Waals surface area contributed by atoms with Crippen molar-refractivity contribution in [1.82, 2.24) is 15.5 Å². The van der Waals surface area contributed by atoms with Crippen molar-refractivity contribution in [3.63, 3.8) is 0 Å². The molecule has 1 aromatic rings. The van der Waals surface area contributed by atoms with Gasteiger partial charge in [-0.05, 0) is 26.1 Å². The summed E-state index contributed by atoms with van der Waals surface area (Å²) in [6, 6.07) is 0. The number of carbonyl (C=O) groups is 1. The lowest BCUT2D eigenvalue weighted by atomic mass is 10.1. The topological polar surface area (TPSA) is 75.1 Å². The maximum atomic E-state index is 11.3. The second kappa shape index (κ2) is 7.32. The highest BCUT2D eigenvalue weighted by atomic mass is 32.2. The van der Waals surface area contributed by atoms with Crippen molar-refractivity contribution in [2.24, 2.45) is 0 Å². The quantitative estimate of drug-likeness (QED) is 0.713. The third-order valence-electron chi connectivity index (χ3n) is 2.28. The number of carboxylic acids is 1. The van der Waals surface area contributed by atoms with Crippen LogP contribution < -0.4 is 5.32 Å². The number of aliphatic carboxylic acids is 1. The predicted octanol–water partition coefficient (Wildman–Crippen LogP) is 2.19. The maximum absolute atomic E-state index is 11.3. The normalized spacial score (nSPS) is 14.4. The van der Waals surface area contributed by atoms with Gasteiger partial charge in [0, 0.05) is 5.75 Å². The zero-order valence-electron chi connectivity index (χ0n) is 10.6. The molecule has 5 nitrogen and oxygen atoms in total. The van der Waals surface area contributed by atoms with E-state index in [0.717, 1.165) is 15.1 Å². The smallest absolute Gasteiger partial charge is 0.324 e. The summed E-state index contributed by atoms with van der Waals surface area (Å²) in [5.74, 6) is -0.399. The van der Waals surface area contributed by atoms with Gasteiger partial charge in [0.1, 0.15) is 5.54 Å². The van der Waals surface area contributed by atoms with Gasteiger partial charge < -0.3 is 10.4 Å². The zero-order valence-corrected chi connectivity index (χ0v) is 13.0. The molecule has 2 N–H and O–H groups in total. The highest BCUT2D eigenvalue weighted by Gasteiger charge is 2.32. The maximum Gasteiger partial charge on any atom is 0.324 e. The molecule has 1 atom stereocenters. The Morgan fingerprint density at radius 1 is 1.50 bits per heavy atom. The van der Waals surface area contributed by atoms with Crippen LogP contribution in [0, 0.1) is 0 Å². The Labute approximate surface area is 119 Å². The zero-order chi connectivity index (χ0) is 13.6. The number of rotatable bonds is 8. The Bertz CT molecular complexity index is 399. The van der Waals surface area contributed by atoms with E-state index in [9.17, 15) is 9.90 Å². The molecule has 0 saturated heterocycles. The first-order chi connectivity index (χ1) is 8.51. The number of nitrogens with one attached hydrogen (secondary N) is 1. The Kier molecular flexibility index (Phi) is 6.40. The molecule has 1 heterocycles. The lowest BCUT2D eigenvalue weighted by molar-refractivity contribution is -0.143. The van der Waals surface area contributed by atoms with Crippen LogP contribution in [0.5, 0.6) is 0 Å². The summed E-state index contributed by atoms with van der Waals surface area (Å²) in [5.41, 5.74) is -0.925. The van der Waals surface area contributed by atoms with Crippen molar-refractivity contribution in [1.29, 1.82) is 0 Å². The average molecular weight is 307 g/mol. The lowest BCUT2D eigenvalue weighted by Crippen LogP contribution is -2.51. The minimum Gasteiger partial charge on any atom is -0.480 e. The third kappa shape index (κ3) is 4.42. The molecule has 0 amide bonds. The monoisotopic (exact) mass is 307 g/mol. The second-order valence-electron chi connectivity index (χ2n) is 3.89. The summed E-state index contributed by atoms with van der Waals surface area (Å²) >= 11 is 4.47. The summed E-state index contributed by atoms with van der Waals surface area (Å²) in [7, 11) is 0. The van der Waals surface area contributed by atoms with Crippen molar-refractivity contribution in [2.75, 3.05) is 18.6 Å². The SMILES string of the molecule is CCCNC(C)(CSc1nnc(SC)s1)C(=O)O. The Morgan fingerprint density at radius 3 is 2.67 bits per heavy atom. The van der Waals surface area contributed by atoms with Crippen molar-refractivity contribution >= 4 is 40.8 Å². The fourth-order valence-corrected chi connectivity index (χ4v) is 3.68. The minimum atomic E-state index is -0.925. The molecule has 0 saturated carbocycles. The summed E-state index contributed by atoms with van der Waals surface area (Å²) in [4.78, 5) is 11.3. The fraction of sp³-hybridized carbons (Fsp3) is 0.700. The van der Waals surface area contributed by atoms with E-state index < -0.39 is 11.5 Å². The van der Waals surface area contributed by atoms with Crippen molar-refractivity contribution < 1.29 is 9.90 Å². The van der Waals surface area contributed by atoms with Gasteiger partial charge in [-0.15, -0.1) is 10.2 Å². The second-order valence-corrected chi connectivity index (χ2v) is 7.14. The van der Waals surface area contributed by atoms with Crippen LogP contribution in [0.25, 0.3) is 0 Å². The van der Waals surface area contributed by atoms with Crippen LogP contribution in [0.3, 0.4) is 0 Å². The molecule has 102 valence electrons. The first-order valence-electron chi connectivity index (χ1n) is 5.50. The third-order valence-corrected chi connectivity index (χ3v) is 5.63. The van der Waals surface area contributed by atoms with E-state index >= 15 is 0 Å². The van der Waals surface area contributed by atoms with Crippen LogP contribution in [0.2, 0.25) is 0 Å². The lowest BCUT2D eigenvalue weighted by Gasteiger charge is -2.25. The number of carboxylic acid groups (broad SMARTS) is 1. The molecule has 1 rings (SSSR count). The molecular weight excluding hydrogens is 290 g/mol. The van der Waals surface area contributed by atoms with Crippen molar-refractivity contribution in [2.45, 2.75) is 34.5 Å². The van der Waals surface area contributed by atoms with Crippen LogP contribution in [0.15, 0.2) is 8.68 Å². The molecule has 0 aromatic carbocycles. The van der Waals surface area contributed by atoms with Crippen LogP contribution in [-0.4, -0.2) is 45.4 Å². The van der Waals surface area contributed by atoms with Crippen molar-refractivity contribution in [3.8, 4) is 0 Å². The predicted molar refractivity (Wildman–Crippen MR) is 76.7 cm³/mol. The summed E-state index contributed by atoms with van der Waals surface area (Å²) < 4.78 is 1.71. The molecule has 0 aliphatic rings. The van der Waals surface area contributed by atoms with Crippen LogP contribution in [0.1, 0.15) is 20.3 Å². The van der Waals surface area contributed by atoms with Crippen molar-refractivity contribution in [3.05, 3.63) is 0 Å². The molecule has 0 aliphatic carbocycles. The van der Waals surface area contributed by atoms with E-state index in [1.54, 1.807) is 18.7 Å². The molecular formula is C10H17N3O2S3. The number of thioether (sulfide) groups is 2. The molecule has 1 unspecified atom stereocenters. The standard InChI is InChI=1S/C10H17N3O2S3/c1-4-5-11-10(2,7(14)15)6-17-9-13-12-8(16-3)18-9/h11H,4-6H2,1-3H3,(H,14,15). The summed E-state index contributed by atoms with van der Waals surface area (Å²) in [6.07, 6.45) is 2.85. The van der Waals surface area contributed by atoms with E-state index in [1.807, 2.05) is 13.2 Å². The number of hydrogen-bond acceptors (Lipinski definition) is 7. The molecule has 0 bridgehead atoms. The van der Waals surface area contributed by atoms with E-state index in [1.165, 1.54) is 23.1 Å². The molecule has 0 fully saturated rings. The Balaban J connectivity index is 2.58. The van der Waals surface area contributed by atoms with Gasteiger partial charge in [0.15, 0.2) is 8.68 Å². The molecule has 0 aliphatic heterocycles. The van der Waals surface area contributed by atoms with Gasteiger partial charge in [0.2, 0.25) is 0 Å². The van der Waals surface area contributed by atoms with E-state index in [-0.39, 0.29) is 0 Å². The number of aromatic nitrogens is 2. The van der Waals surface area contributed by atoms with E-state index in [0.29, 0.717) is 12.3 Å². The average Bonchev–Trinajstić information content (AvgIpc) is 2.81.